The molecular weight excluding hydrogens is 280 g/mol. The molecule has 114 valence electrons. The molecule has 0 radical (unpaired) electrons. The molecule has 0 saturated carbocycles. The van der Waals surface area contributed by atoms with E-state index < -0.39 is 12.6 Å². The summed E-state index contributed by atoms with van der Waals surface area (Å²) < 4.78 is 11.4. The first kappa shape index (κ1) is 13.9. The summed E-state index contributed by atoms with van der Waals surface area (Å²) in [4.78, 5) is 11.1. The maximum absolute atomic E-state index is 5.68. The highest BCUT2D eigenvalue weighted by atomic mass is 17.2. The average Bonchev–Trinajstić information content (AvgIpc) is 2.60. The fourth-order valence-corrected chi connectivity index (χ4v) is 2.98. The van der Waals surface area contributed by atoms with Gasteiger partial charge in [0.25, 0.3) is 0 Å². The van der Waals surface area contributed by atoms with Crippen molar-refractivity contribution in [1.29, 1.82) is 0 Å². The van der Waals surface area contributed by atoms with Crippen LogP contribution in [-0.4, -0.2) is 13.2 Å². The Labute approximate surface area is 129 Å². The van der Waals surface area contributed by atoms with Gasteiger partial charge in [0.1, 0.15) is 0 Å². The van der Waals surface area contributed by atoms with Crippen LogP contribution < -0.4 is 0 Å². The van der Waals surface area contributed by atoms with Crippen LogP contribution in [0.1, 0.15) is 34.8 Å². The first-order valence-corrected chi connectivity index (χ1v) is 7.63. The van der Waals surface area contributed by atoms with Crippen LogP contribution in [0.3, 0.4) is 0 Å². The predicted octanol–water partition coefficient (Wildman–Crippen LogP) is 3.48. The molecule has 0 amide bonds. The SMILES string of the molecule is c1ccc2c(c1)CCO[C@H]2OO[C@@H]1OCCc2ccccc21. The summed E-state index contributed by atoms with van der Waals surface area (Å²) in [5.74, 6) is 0. The molecule has 2 aliphatic heterocycles. The van der Waals surface area contributed by atoms with Gasteiger partial charge >= 0.3 is 0 Å². The van der Waals surface area contributed by atoms with Gasteiger partial charge in [-0.3, -0.25) is 0 Å². The van der Waals surface area contributed by atoms with E-state index in [0.29, 0.717) is 13.2 Å². The van der Waals surface area contributed by atoms with Gasteiger partial charge in [0.2, 0.25) is 12.6 Å². The lowest BCUT2D eigenvalue weighted by molar-refractivity contribution is -0.445. The molecule has 0 fully saturated rings. The summed E-state index contributed by atoms with van der Waals surface area (Å²) in [6.45, 7) is 1.26. The highest BCUT2D eigenvalue weighted by Gasteiger charge is 2.26. The van der Waals surface area contributed by atoms with Gasteiger partial charge < -0.3 is 9.47 Å². The smallest absolute Gasteiger partial charge is 0.217 e. The minimum atomic E-state index is -0.498. The highest BCUT2D eigenvalue weighted by molar-refractivity contribution is 5.30. The van der Waals surface area contributed by atoms with Crippen LogP contribution in [0.2, 0.25) is 0 Å². The number of hydrogen-bond acceptors (Lipinski definition) is 4. The number of benzene rings is 2. The molecule has 2 atom stereocenters. The van der Waals surface area contributed by atoms with Crippen molar-refractivity contribution in [3.05, 3.63) is 70.8 Å². The van der Waals surface area contributed by atoms with Gasteiger partial charge in [-0.05, 0) is 24.0 Å². The second-order valence-corrected chi connectivity index (χ2v) is 5.50. The summed E-state index contributed by atoms with van der Waals surface area (Å²) in [6, 6.07) is 16.2. The number of fused-ring (bicyclic) bond motifs is 2. The third-order valence-corrected chi connectivity index (χ3v) is 4.13. The van der Waals surface area contributed by atoms with E-state index in [-0.39, 0.29) is 0 Å². The van der Waals surface area contributed by atoms with Gasteiger partial charge in [0.15, 0.2) is 0 Å². The van der Waals surface area contributed by atoms with Crippen LogP contribution in [0.25, 0.3) is 0 Å². The lowest BCUT2D eigenvalue weighted by Crippen LogP contribution is -2.23. The van der Waals surface area contributed by atoms with E-state index in [0.717, 1.165) is 24.0 Å². The highest BCUT2D eigenvalue weighted by Crippen LogP contribution is 2.32. The summed E-state index contributed by atoms with van der Waals surface area (Å²) in [7, 11) is 0. The predicted molar refractivity (Wildman–Crippen MR) is 79.8 cm³/mol. The molecule has 2 aromatic rings. The zero-order valence-corrected chi connectivity index (χ0v) is 12.2. The molecule has 2 aliphatic rings. The molecule has 4 nitrogen and oxygen atoms in total. The standard InChI is InChI=1S/C18H18O4/c1-3-7-15-13(5-1)9-11-19-17(15)21-22-18-16-8-4-2-6-14(16)10-12-20-18/h1-8,17-18H,9-12H2/t17-,18-/m0/s1. The summed E-state index contributed by atoms with van der Waals surface area (Å²) in [5, 5.41) is 0. The van der Waals surface area contributed by atoms with E-state index in [9.17, 15) is 0 Å². The summed E-state index contributed by atoms with van der Waals surface area (Å²) in [6.07, 6.45) is 0.808. The first-order chi connectivity index (χ1) is 10.9. The van der Waals surface area contributed by atoms with E-state index >= 15 is 0 Å². The fraction of sp³-hybridized carbons (Fsp3) is 0.333. The topological polar surface area (TPSA) is 36.9 Å². The van der Waals surface area contributed by atoms with Crippen molar-refractivity contribution in [2.24, 2.45) is 0 Å². The van der Waals surface area contributed by atoms with Gasteiger partial charge in [-0.25, -0.2) is 0 Å². The molecule has 0 aromatic heterocycles. The normalized spacial score (nSPS) is 23.6. The second kappa shape index (κ2) is 6.18. The van der Waals surface area contributed by atoms with E-state index in [1.165, 1.54) is 11.1 Å². The Kier molecular flexibility index (Phi) is 3.91. The first-order valence-electron chi connectivity index (χ1n) is 7.63. The van der Waals surface area contributed by atoms with Crippen molar-refractivity contribution in [1.82, 2.24) is 0 Å². The summed E-state index contributed by atoms with van der Waals surface area (Å²) in [5.41, 5.74) is 4.54. The van der Waals surface area contributed by atoms with Gasteiger partial charge in [0.05, 0.1) is 13.2 Å². The maximum Gasteiger partial charge on any atom is 0.217 e. The Morgan fingerprint density at radius 3 is 1.64 bits per heavy atom. The van der Waals surface area contributed by atoms with Crippen LogP contribution >= 0.6 is 0 Å². The average molecular weight is 298 g/mol. The molecule has 0 spiro atoms. The van der Waals surface area contributed by atoms with E-state index in [1.54, 1.807) is 0 Å². The van der Waals surface area contributed by atoms with Crippen LogP contribution in [0.5, 0.6) is 0 Å². The van der Waals surface area contributed by atoms with Gasteiger partial charge in [-0.15, -0.1) is 0 Å². The molecular formula is C18H18O4. The summed E-state index contributed by atoms with van der Waals surface area (Å²) >= 11 is 0. The Hall–Kier alpha value is -1.72. The quantitative estimate of drug-likeness (QED) is 0.642. The lowest BCUT2D eigenvalue weighted by Gasteiger charge is -2.29. The van der Waals surface area contributed by atoms with Gasteiger partial charge in [0, 0.05) is 11.1 Å². The van der Waals surface area contributed by atoms with Crippen LogP contribution in [0.15, 0.2) is 48.5 Å². The van der Waals surface area contributed by atoms with Crippen molar-refractivity contribution in [2.75, 3.05) is 13.2 Å². The Morgan fingerprint density at radius 1 is 0.682 bits per heavy atom. The van der Waals surface area contributed by atoms with Crippen molar-refractivity contribution in [2.45, 2.75) is 25.4 Å². The van der Waals surface area contributed by atoms with Crippen LogP contribution in [-0.2, 0) is 32.1 Å². The Balaban J connectivity index is 1.48. The third-order valence-electron chi connectivity index (χ3n) is 4.13. The second-order valence-electron chi connectivity index (χ2n) is 5.50. The van der Waals surface area contributed by atoms with Gasteiger partial charge in [-0.2, -0.15) is 9.78 Å². The molecule has 2 aromatic carbocycles. The molecule has 0 unspecified atom stereocenters. The van der Waals surface area contributed by atoms with Crippen molar-refractivity contribution in [3.8, 4) is 0 Å². The lowest BCUT2D eigenvalue weighted by atomic mass is 10.0. The van der Waals surface area contributed by atoms with E-state index in [4.69, 9.17) is 19.2 Å². The Bertz CT molecular complexity index is 598. The molecule has 0 saturated heterocycles. The minimum Gasteiger partial charge on any atom is -0.346 e. The zero-order valence-electron chi connectivity index (χ0n) is 12.2. The van der Waals surface area contributed by atoms with Crippen molar-refractivity contribution in [3.63, 3.8) is 0 Å². The fourth-order valence-electron chi connectivity index (χ4n) is 2.98. The molecule has 2 heterocycles. The molecule has 0 aliphatic carbocycles. The molecule has 0 bridgehead atoms. The van der Waals surface area contributed by atoms with E-state index in [2.05, 4.69) is 12.1 Å². The Morgan fingerprint density at radius 2 is 1.14 bits per heavy atom. The maximum atomic E-state index is 5.68. The van der Waals surface area contributed by atoms with Crippen molar-refractivity contribution < 1.29 is 19.2 Å². The zero-order chi connectivity index (χ0) is 14.8. The largest absolute Gasteiger partial charge is 0.346 e. The molecule has 0 N–H and O–H groups in total. The van der Waals surface area contributed by atoms with Gasteiger partial charge in [-0.1, -0.05) is 48.5 Å². The number of rotatable bonds is 3. The third kappa shape index (κ3) is 2.66. The monoisotopic (exact) mass is 298 g/mol. The number of hydrogen-bond donors (Lipinski definition) is 0. The number of ether oxygens (including phenoxy) is 2. The molecule has 4 rings (SSSR count). The molecule has 22 heavy (non-hydrogen) atoms. The minimum absolute atomic E-state index is 0.498. The van der Waals surface area contributed by atoms with E-state index in [1.807, 2.05) is 36.4 Å². The molecule has 4 heteroatoms. The van der Waals surface area contributed by atoms with Crippen molar-refractivity contribution >= 4 is 0 Å². The van der Waals surface area contributed by atoms with Crippen LogP contribution in [0, 0.1) is 0 Å². The van der Waals surface area contributed by atoms with Crippen LogP contribution in [0.4, 0.5) is 0 Å².